The lowest BCUT2D eigenvalue weighted by Crippen LogP contribution is -2.39. The van der Waals surface area contributed by atoms with Crippen LogP contribution in [-0.2, 0) is 22.6 Å². The number of carboxylic acids is 2. The first-order valence-electron chi connectivity index (χ1n) is 13.8. The van der Waals surface area contributed by atoms with Gasteiger partial charge in [0, 0.05) is 30.9 Å². The number of rotatable bonds is 10. The average molecular weight is 553 g/mol. The van der Waals surface area contributed by atoms with Crippen molar-refractivity contribution in [1.29, 1.82) is 0 Å². The van der Waals surface area contributed by atoms with Gasteiger partial charge < -0.3 is 14.8 Å². The Kier molecular flexibility index (Phi) is 7.96. The van der Waals surface area contributed by atoms with Crippen LogP contribution in [0.15, 0.2) is 71.8 Å². The Morgan fingerprint density at radius 3 is 2.44 bits per heavy atom. The number of hydrogen-bond acceptors (Lipinski definition) is 5. The fourth-order valence-corrected chi connectivity index (χ4v) is 5.27. The van der Waals surface area contributed by atoms with E-state index >= 15 is 0 Å². The van der Waals surface area contributed by atoms with Crippen molar-refractivity contribution in [3.8, 4) is 11.1 Å². The maximum Gasteiger partial charge on any atom is 0.336 e. The van der Waals surface area contributed by atoms with Crippen molar-refractivity contribution >= 4 is 34.6 Å². The highest BCUT2D eigenvalue weighted by Gasteiger charge is 2.29. The minimum absolute atomic E-state index is 0.151. The number of carboxylic acid groups (broad SMARTS) is 2. The fourth-order valence-electron chi connectivity index (χ4n) is 5.27. The van der Waals surface area contributed by atoms with E-state index in [1.165, 1.54) is 0 Å². The van der Waals surface area contributed by atoms with Crippen LogP contribution in [0.3, 0.4) is 0 Å². The summed E-state index contributed by atoms with van der Waals surface area (Å²) in [5.74, 6) is -1.55. The predicted molar refractivity (Wildman–Crippen MR) is 156 cm³/mol. The molecule has 0 saturated carbocycles. The summed E-state index contributed by atoms with van der Waals surface area (Å²) in [4.78, 5) is 40.3. The van der Waals surface area contributed by atoms with Crippen LogP contribution in [0.4, 0.5) is 0 Å². The van der Waals surface area contributed by atoms with E-state index in [-0.39, 0.29) is 23.8 Å². The van der Waals surface area contributed by atoms with E-state index in [0.717, 1.165) is 57.8 Å². The number of aryl methyl sites for hydroxylation is 1. The number of carbonyl (C=O) groups excluding carboxylic acids is 1. The number of hydrogen-bond donors (Lipinski definition) is 2. The van der Waals surface area contributed by atoms with Crippen molar-refractivity contribution in [3.63, 3.8) is 0 Å². The number of imidazole rings is 1. The molecule has 0 radical (unpaired) electrons. The van der Waals surface area contributed by atoms with Crippen LogP contribution in [0.25, 0.3) is 22.2 Å². The fraction of sp³-hybridized carbons (Fsp3) is 0.281. The number of fused-ring (bicyclic) bond motifs is 1. The Morgan fingerprint density at radius 2 is 1.73 bits per heavy atom. The lowest BCUT2D eigenvalue weighted by atomic mass is 9.93. The number of aliphatic carboxylic acids is 1. The van der Waals surface area contributed by atoms with Gasteiger partial charge in [-0.25, -0.2) is 14.8 Å². The van der Waals surface area contributed by atoms with Gasteiger partial charge in [0.15, 0.2) is 0 Å². The number of hydrazone groups is 1. The maximum atomic E-state index is 12.4. The number of aromatic nitrogens is 2. The van der Waals surface area contributed by atoms with Gasteiger partial charge in [0.25, 0.3) is 0 Å². The molecule has 5 rings (SSSR count). The van der Waals surface area contributed by atoms with E-state index in [9.17, 15) is 24.6 Å². The summed E-state index contributed by atoms with van der Waals surface area (Å²) in [6.07, 6.45) is 3.05. The van der Waals surface area contributed by atoms with Crippen molar-refractivity contribution in [1.82, 2.24) is 14.6 Å². The second kappa shape index (κ2) is 11.8. The highest BCUT2D eigenvalue weighted by molar-refractivity contribution is 6.07. The Bertz CT molecular complexity index is 1650. The predicted octanol–water partition coefficient (Wildman–Crippen LogP) is 5.45. The van der Waals surface area contributed by atoms with E-state index in [1.54, 1.807) is 12.1 Å². The number of benzene rings is 3. The van der Waals surface area contributed by atoms with Crippen molar-refractivity contribution in [2.24, 2.45) is 11.0 Å². The molecule has 210 valence electrons. The molecule has 2 N–H and O–H groups in total. The van der Waals surface area contributed by atoms with Crippen LogP contribution in [0.2, 0.25) is 0 Å². The molecule has 1 aliphatic heterocycles. The highest BCUT2D eigenvalue weighted by Crippen LogP contribution is 2.28. The molecular weight excluding hydrogens is 520 g/mol. The van der Waals surface area contributed by atoms with E-state index in [2.05, 4.69) is 16.6 Å². The maximum absolute atomic E-state index is 12.4. The first kappa shape index (κ1) is 27.8. The minimum atomic E-state index is -1.11. The summed E-state index contributed by atoms with van der Waals surface area (Å²) in [6.45, 7) is 4.17. The molecule has 1 atom stereocenters. The zero-order chi connectivity index (χ0) is 29.1. The van der Waals surface area contributed by atoms with Gasteiger partial charge in [0.1, 0.15) is 12.4 Å². The van der Waals surface area contributed by atoms with E-state index in [1.807, 2.05) is 61.5 Å². The molecule has 1 aliphatic rings. The Hall–Kier alpha value is -4.79. The molecule has 4 aromatic rings. The van der Waals surface area contributed by atoms with Crippen LogP contribution >= 0.6 is 0 Å². The Labute approximate surface area is 237 Å². The van der Waals surface area contributed by atoms with Crippen molar-refractivity contribution in [2.45, 2.75) is 46.1 Å². The highest BCUT2D eigenvalue weighted by atomic mass is 16.4. The second-order valence-electron chi connectivity index (χ2n) is 10.4. The Morgan fingerprint density at radius 1 is 1.00 bits per heavy atom. The minimum Gasteiger partial charge on any atom is -0.480 e. The third kappa shape index (κ3) is 5.89. The summed E-state index contributed by atoms with van der Waals surface area (Å²) >= 11 is 0. The quantitative estimate of drug-likeness (QED) is 0.270. The van der Waals surface area contributed by atoms with Gasteiger partial charge in [0.2, 0.25) is 5.91 Å². The van der Waals surface area contributed by atoms with E-state index in [4.69, 9.17) is 4.98 Å². The van der Waals surface area contributed by atoms with Crippen LogP contribution in [0.5, 0.6) is 0 Å². The van der Waals surface area contributed by atoms with Gasteiger partial charge in [-0.3, -0.25) is 9.59 Å². The summed E-state index contributed by atoms with van der Waals surface area (Å²) in [5, 5.41) is 24.3. The van der Waals surface area contributed by atoms with Crippen LogP contribution in [0, 0.1) is 5.92 Å². The summed E-state index contributed by atoms with van der Waals surface area (Å²) in [5.41, 5.74) is 6.11. The van der Waals surface area contributed by atoms with Gasteiger partial charge in [-0.2, -0.15) is 5.10 Å². The lowest BCUT2D eigenvalue weighted by molar-refractivity contribution is -0.145. The van der Waals surface area contributed by atoms with Crippen molar-refractivity contribution in [2.75, 3.05) is 6.54 Å². The smallest absolute Gasteiger partial charge is 0.336 e. The van der Waals surface area contributed by atoms with Crippen molar-refractivity contribution < 1.29 is 24.6 Å². The largest absolute Gasteiger partial charge is 0.480 e. The number of aromatic carboxylic acids is 1. The molecule has 3 aromatic carbocycles. The van der Waals surface area contributed by atoms with Gasteiger partial charge >= 0.3 is 11.9 Å². The molecule has 2 heterocycles. The van der Waals surface area contributed by atoms with Gasteiger partial charge in [0.05, 0.1) is 22.3 Å². The van der Waals surface area contributed by atoms with Crippen molar-refractivity contribution in [3.05, 3.63) is 89.2 Å². The molecule has 1 unspecified atom stereocenters. The lowest BCUT2D eigenvalue weighted by Gasteiger charge is -2.26. The molecule has 1 aromatic heterocycles. The van der Waals surface area contributed by atoms with E-state index < -0.39 is 18.5 Å². The topological polar surface area (TPSA) is 125 Å². The van der Waals surface area contributed by atoms with Gasteiger partial charge in [-0.15, -0.1) is 0 Å². The zero-order valence-electron chi connectivity index (χ0n) is 23.1. The van der Waals surface area contributed by atoms with Crippen LogP contribution < -0.4 is 0 Å². The molecule has 0 spiro atoms. The standard InChI is InChI=1S/C32H32N4O5/c1-3-4-9-28-33-26-15-14-23(31-20(2)16-29(37)36(34-31)19-30(38)39)17-27(26)35(28)18-21-10-12-22(13-11-21)24-7-5-6-8-25(24)32(40)41/h5-8,10-15,17,20H,3-4,9,16,18-19H2,1-2H3,(H,38,39)(H,40,41). The van der Waals surface area contributed by atoms with E-state index in [0.29, 0.717) is 17.8 Å². The molecule has 9 heteroatoms. The molecule has 0 fully saturated rings. The first-order valence-corrected chi connectivity index (χ1v) is 13.8. The second-order valence-corrected chi connectivity index (χ2v) is 10.4. The average Bonchev–Trinajstić information content (AvgIpc) is 3.29. The monoisotopic (exact) mass is 552 g/mol. The third-order valence-corrected chi connectivity index (χ3v) is 7.39. The molecule has 0 bridgehead atoms. The SMILES string of the molecule is CCCCc1nc2ccc(C3=NN(CC(=O)O)C(=O)CC3C)cc2n1Cc1ccc(-c2ccccc2C(=O)O)cc1. The molecule has 9 nitrogen and oxygen atoms in total. The van der Waals surface area contributed by atoms with Gasteiger partial charge in [-0.05, 0) is 41.3 Å². The molecule has 0 saturated heterocycles. The molecule has 0 aliphatic carbocycles. The third-order valence-electron chi connectivity index (χ3n) is 7.39. The summed E-state index contributed by atoms with van der Waals surface area (Å²) in [7, 11) is 0. The first-order chi connectivity index (χ1) is 19.7. The number of carbonyl (C=O) groups is 3. The number of unbranched alkanes of at least 4 members (excludes halogenated alkanes) is 1. The number of amides is 1. The molecular formula is C32H32N4O5. The summed E-state index contributed by atoms with van der Waals surface area (Å²) in [6, 6.07) is 20.8. The normalized spacial score (nSPS) is 15.3. The summed E-state index contributed by atoms with van der Waals surface area (Å²) < 4.78 is 2.20. The van der Waals surface area contributed by atoms with Crippen LogP contribution in [0.1, 0.15) is 60.4 Å². The van der Waals surface area contributed by atoms with Gasteiger partial charge in [-0.1, -0.05) is 68.8 Å². The zero-order valence-corrected chi connectivity index (χ0v) is 23.1. The Balaban J connectivity index is 1.52. The molecule has 41 heavy (non-hydrogen) atoms. The number of nitrogens with zero attached hydrogens (tertiary/aromatic N) is 4. The van der Waals surface area contributed by atoms with Crippen LogP contribution in [-0.4, -0.2) is 54.9 Å². The molecule has 1 amide bonds.